The van der Waals surface area contributed by atoms with E-state index in [2.05, 4.69) is 4.74 Å². The van der Waals surface area contributed by atoms with Crippen LogP contribution in [-0.4, -0.2) is 6.36 Å². The third-order valence-corrected chi connectivity index (χ3v) is 1.29. The highest BCUT2D eigenvalue weighted by molar-refractivity contribution is 5.65. The Morgan fingerprint density at radius 2 is 1.60 bits per heavy atom. The summed E-state index contributed by atoms with van der Waals surface area (Å²) in [5.74, 6) is -0.376. The molecule has 0 bridgehead atoms. The smallest absolute Gasteiger partial charge is 0.406 e. The molecule has 0 fully saturated rings. The summed E-state index contributed by atoms with van der Waals surface area (Å²) in [4.78, 5) is 0. The number of hydrogen-bond acceptors (Lipinski definition) is 3. The van der Waals surface area contributed by atoms with Crippen LogP contribution < -0.4 is 16.2 Å². The molecule has 0 amide bonds. The Balaban J connectivity index is 0.000000921. The molecule has 0 heterocycles. The van der Waals surface area contributed by atoms with Crippen molar-refractivity contribution in [1.29, 1.82) is 0 Å². The number of halogens is 3. The van der Waals surface area contributed by atoms with E-state index < -0.39 is 6.36 Å². The maximum atomic E-state index is 11.7. The number of alkyl halides is 3. The Labute approximate surface area is 85.8 Å². The van der Waals surface area contributed by atoms with Gasteiger partial charge >= 0.3 is 6.36 Å². The normalized spacial score (nSPS) is 10.2. The second-order valence-corrected chi connectivity index (χ2v) is 2.34. The molecule has 0 aromatic heterocycles. The maximum absolute atomic E-state index is 11.7. The van der Waals surface area contributed by atoms with Crippen molar-refractivity contribution in [3.05, 3.63) is 18.2 Å². The van der Waals surface area contributed by atoms with Crippen molar-refractivity contribution in [3.8, 4) is 5.75 Å². The summed E-state index contributed by atoms with van der Waals surface area (Å²) in [6.07, 6.45) is -4.71. The minimum absolute atomic E-state index is 0.0572. The van der Waals surface area contributed by atoms with E-state index in [1.807, 2.05) is 13.8 Å². The van der Waals surface area contributed by atoms with E-state index >= 15 is 0 Å². The first-order valence-electron chi connectivity index (χ1n) is 4.29. The average Bonchev–Trinajstić information content (AvgIpc) is 2.12. The quantitative estimate of drug-likeness (QED) is 0.718. The van der Waals surface area contributed by atoms with Gasteiger partial charge < -0.3 is 16.2 Å². The Bertz CT molecular complexity index is 313. The third kappa shape index (κ3) is 4.99. The number of rotatable bonds is 1. The van der Waals surface area contributed by atoms with Gasteiger partial charge in [0.1, 0.15) is 5.75 Å². The highest BCUT2D eigenvalue weighted by Gasteiger charge is 2.31. The van der Waals surface area contributed by atoms with Crippen molar-refractivity contribution >= 4 is 11.4 Å². The molecule has 3 nitrogen and oxygen atoms in total. The van der Waals surface area contributed by atoms with E-state index in [-0.39, 0.29) is 17.1 Å². The molecule has 6 heteroatoms. The van der Waals surface area contributed by atoms with Crippen LogP contribution in [0.4, 0.5) is 24.5 Å². The summed E-state index contributed by atoms with van der Waals surface area (Å²) in [6, 6.07) is 3.36. The molecule has 0 aliphatic heterocycles. The van der Waals surface area contributed by atoms with Gasteiger partial charge in [0.2, 0.25) is 0 Å². The first-order valence-corrected chi connectivity index (χ1v) is 4.29. The number of anilines is 2. The summed E-state index contributed by atoms with van der Waals surface area (Å²) in [7, 11) is 0. The van der Waals surface area contributed by atoms with E-state index in [9.17, 15) is 13.2 Å². The molecule has 4 N–H and O–H groups in total. The lowest BCUT2D eigenvalue weighted by atomic mass is 10.2. The molecule has 0 aliphatic carbocycles. The Morgan fingerprint density at radius 3 is 2.00 bits per heavy atom. The lowest BCUT2D eigenvalue weighted by Gasteiger charge is -2.09. The molecular formula is C9H13F3N2O. The van der Waals surface area contributed by atoms with Gasteiger partial charge in [-0.15, -0.1) is 13.2 Å². The summed E-state index contributed by atoms with van der Waals surface area (Å²) in [5, 5.41) is 0. The number of ether oxygens (including phenoxy) is 1. The molecular weight excluding hydrogens is 209 g/mol. The second kappa shape index (κ2) is 5.33. The minimum Gasteiger partial charge on any atom is -0.406 e. The third-order valence-electron chi connectivity index (χ3n) is 1.29. The number of nitrogen functional groups attached to an aromatic ring is 2. The van der Waals surface area contributed by atoms with Crippen LogP contribution >= 0.6 is 0 Å². The van der Waals surface area contributed by atoms with Crippen molar-refractivity contribution in [1.82, 2.24) is 0 Å². The van der Waals surface area contributed by atoms with Gasteiger partial charge in [-0.25, -0.2) is 0 Å². The van der Waals surface area contributed by atoms with Gasteiger partial charge in [-0.2, -0.15) is 0 Å². The van der Waals surface area contributed by atoms with Gasteiger partial charge in [0.15, 0.2) is 0 Å². The lowest BCUT2D eigenvalue weighted by Crippen LogP contribution is -2.17. The van der Waals surface area contributed by atoms with Crippen molar-refractivity contribution in [2.75, 3.05) is 11.5 Å². The van der Waals surface area contributed by atoms with Crippen LogP contribution in [0.15, 0.2) is 18.2 Å². The molecule has 15 heavy (non-hydrogen) atoms. The summed E-state index contributed by atoms with van der Waals surface area (Å²) >= 11 is 0. The summed E-state index contributed by atoms with van der Waals surface area (Å²) in [6.45, 7) is 4.00. The summed E-state index contributed by atoms with van der Waals surface area (Å²) in [5.41, 5.74) is 10.8. The number of hydrogen-bond donors (Lipinski definition) is 2. The van der Waals surface area contributed by atoms with Gasteiger partial charge in [-0.1, -0.05) is 13.8 Å². The van der Waals surface area contributed by atoms with Crippen LogP contribution in [0, 0.1) is 0 Å². The monoisotopic (exact) mass is 222 g/mol. The predicted molar refractivity (Wildman–Crippen MR) is 53.3 cm³/mol. The molecule has 1 rings (SSSR count). The zero-order valence-electron chi connectivity index (χ0n) is 8.43. The first-order chi connectivity index (χ1) is 6.88. The van der Waals surface area contributed by atoms with Gasteiger partial charge in [-0.3, -0.25) is 0 Å². The van der Waals surface area contributed by atoms with Crippen LogP contribution in [0.2, 0.25) is 0 Å². The average molecular weight is 222 g/mol. The van der Waals surface area contributed by atoms with Gasteiger partial charge in [0.05, 0.1) is 11.4 Å². The molecule has 1 aromatic carbocycles. The van der Waals surface area contributed by atoms with Crippen LogP contribution in [0.1, 0.15) is 13.8 Å². The van der Waals surface area contributed by atoms with Crippen LogP contribution in [0.5, 0.6) is 5.75 Å². The highest BCUT2D eigenvalue weighted by atomic mass is 19.4. The predicted octanol–water partition coefficient (Wildman–Crippen LogP) is 2.78. The fourth-order valence-corrected chi connectivity index (χ4v) is 0.750. The second-order valence-electron chi connectivity index (χ2n) is 2.34. The molecule has 0 radical (unpaired) electrons. The maximum Gasteiger partial charge on any atom is 0.573 e. The zero-order valence-corrected chi connectivity index (χ0v) is 8.43. The fraction of sp³-hybridized carbons (Fsp3) is 0.333. The standard InChI is InChI=1S/C7H7F3N2O.C2H6/c8-7(9,10)13-4-1-2-5(11)6(12)3-4;1-2/h1-3H,11-12H2;1-2H3. The molecule has 0 aliphatic rings. The van der Waals surface area contributed by atoms with E-state index in [0.29, 0.717) is 0 Å². The highest BCUT2D eigenvalue weighted by Crippen LogP contribution is 2.26. The SMILES string of the molecule is CC.Nc1ccc(OC(F)(F)F)cc1N. The number of nitrogens with two attached hydrogens (primary N) is 2. The molecule has 0 unspecified atom stereocenters. The first kappa shape index (κ1) is 13.4. The van der Waals surface area contributed by atoms with Crippen molar-refractivity contribution in [2.45, 2.75) is 20.2 Å². The van der Waals surface area contributed by atoms with Crippen LogP contribution in [0.3, 0.4) is 0 Å². The van der Waals surface area contributed by atoms with Crippen molar-refractivity contribution < 1.29 is 17.9 Å². The Kier molecular flexibility index (Phi) is 4.77. The molecule has 1 aromatic rings. The molecule has 0 spiro atoms. The molecule has 0 saturated carbocycles. The van der Waals surface area contributed by atoms with Crippen LogP contribution in [0.25, 0.3) is 0 Å². The zero-order chi connectivity index (χ0) is 12.1. The van der Waals surface area contributed by atoms with Gasteiger partial charge in [0.25, 0.3) is 0 Å². The van der Waals surface area contributed by atoms with E-state index in [4.69, 9.17) is 11.5 Å². The van der Waals surface area contributed by atoms with E-state index in [1.165, 1.54) is 6.07 Å². The van der Waals surface area contributed by atoms with Gasteiger partial charge in [0, 0.05) is 6.07 Å². The fourth-order valence-electron chi connectivity index (χ4n) is 0.750. The minimum atomic E-state index is -4.71. The number of benzene rings is 1. The topological polar surface area (TPSA) is 61.3 Å². The molecule has 0 saturated heterocycles. The van der Waals surface area contributed by atoms with Crippen molar-refractivity contribution in [2.24, 2.45) is 0 Å². The van der Waals surface area contributed by atoms with Crippen LogP contribution in [-0.2, 0) is 0 Å². The largest absolute Gasteiger partial charge is 0.573 e. The summed E-state index contributed by atoms with van der Waals surface area (Å²) < 4.78 is 38.6. The van der Waals surface area contributed by atoms with Crippen molar-refractivity contribution in [3.63, 3.8) is 0 Å². The Hall–Kier alpha value is -1.59. The van der Waals surface area contributed by atoms with E-state index in [0.717, 1.165) is 12.1 Å². The van der Waals surface area contributed by atoms with E-state index in [1.54, 1.807) is 0 Å². The molecule has 0 atom stereocenters. The molecule has 86 valence electrons. The van der Waals surface area contributed by atoms with Gasteiger partial charge in [-0.05, 0) is 12.1 Å². The lowest BCUT2D eigenvalue weighted by molar-refractivity contribution is -0.274. The Morgan fingerprint density at radius 1 is 1.07 bits per heavy atom.